The number of aryl methyl sites for hydroxylation is 1. The van der Waals surface area contributed by atoms with Crippen LogP contribution in [0.3, 0.4) is 0 Å². The van der Waals surface area contributed by atoms with Gasteiger partial charge in [-0.15, -0.1) is 0 Å². The molecule has 1 amide bonds. The minimum atomic E-state index is -0.0756. The molecule has 3 rings (SSSR count). The number of likely N-dealkylation sites (tertiary alicyclic amines) is 1. The highest BCUT2D eigenvalue weighted by molar-refractivity contribution is 5.91. The third-order valence-electron chi connectivity index (χ3n) is 4.35. The van der Waals surface area contributed by atoms with Crippen molar-refractivity contribution in [2.24, 2.45) is 0 Å². The van der Waals surface area contributed by atoms with E-state index in [2.05, 4.69) is 5.16 Å². The van der Waals surface area contributed by atoms with Gasteiger partial charge in [0.05, 0.1) is 18.8 Å². The van der Waals surface area contributed by atoms with Crippen molar-refractivity contribution >= 4 is 5.91 Å². The van der Waals surface area contributed by atoms with E-state index >= 15 is 0 Å². The summed E-state index contributed by atoms with van der Waals surface area (Å²) in [6.07, 6.45) is 4.25. The Hall–Kier alpha value is -2.30. The number of carbonyl (C=O) groups is 1. The summed E-state index contributed by atoms with van der Waals surface area (Å²) in [5.74, 6) is 1.07. The SMILES string of the molecule is COc1ccc([C@@H]2CCCCCN2C(=O)c2cc(C)no2)cc1. The fraction of sp³-hybridized carbons (Fsp3) is 0.444. The number of benzene rings is 1. The van der Waals surface area contributed by atoms with Crippen LogP contribution < -0.4 is 4.74 Å². The van der Waals surface area contributed by atoms with Gasteiger partial charge in [0.2, 0.25) is 5.76 Å². The second-order valence-corrected chi connectivity index (χ2v) is 5.97. The van der Waals surface area contributed by atoms with Crippen LogP contribution >= 0.6 is 0 Å². The standard InChI is InChI=1S/C18H22N2O3/c1-13-12-17(23-19-13)18(21)20-11-5-3-4-6-16(20)14-7-9-15(22-2)10-8-14/h7-10,12,16H,3-6,11H2,1-2H3/t16-/m0/s1. The molecule has 23 heavy (non-hydrogen) atoms. The van der Waals surface area contributed by atoms with E-state index in [-0.39, 0.29) is 11.9 Å². The number of hydrogen-bond donors (Lipinski definition) is 0. The number of ether oxygens (including phenoxy) is 1. The average molecular weight is 314 g/mol. The molecule has 0 spiro atoms. The Labute approximate surface area is 136 Å². The molecule has 1 aliphatic rings. The van der Waals surface area contributed by atoms with Gasteiger partial charge in [0.25, 0.3) is 5.91 Å². The first-order chi connectivity index (χ1) is 11.2. The van der Waals surface area contributed by atoms with E-state index in [4.69, 9.17) is 9.26 Å². The van der Waals surface area contributed by atoms with Crippen LogP contribution in [0.15, 0.2) is 34.9 Å². The largest absolute Gasteiger partial charge is 0.497 e. The van der Waals surface area contributed by atoms with Crippen molar-refractivity contribution in [3.05, 3.63) is 47.3 Å². The molecule has 1 aliphatic heterocycles. The van der Waals surface area contributed by atoms with Crippen molar-refractivity contribution in [1.82, 2.24) is 10.1 Å². The molecule has 1 aromatic carbocycles. The van der Waals surface area contributed by atoms with E-state index in [1.807, 2.05) is 36.1 Å². The van der Waals surface area contributed by atoms with Crippen molar-refractivity contribution in [3.8, 4) is 5.75 Å². The monoisotopic (exact) mass is 314 g/mol. The van der Waals surface area contributed by atoms with Crippen LogP contribution in [0.1, 0.15) is 53.5 Å². The Kier molecular flexibility index (Phi) is 4.65. The Morgan fingerprint density at radius 2 is 2.04 bits per heavy atom. The number of carbonyl (C=O) groups excluding carboxylic acids is 1. The number of rotatable bonds is 3. The van der Waals surface area contributed by atoms with E-state index in [0.29, 0.717) is 5.76 Å². The minimum Gasteiger partial charge on any atom is -0.497 e. The summed E-state index contributed by atoms with van der Waals surface area (Å²) in [6.45, 7) is 2.57. The Morgan fingerprint density at radius 1 is 1.26 bits per heavy atom. The molecule has 0 unspecified atom stereocenters. The summed E-state index contributed by atoms with van der Waals surface area (Å²) in [6, 6.07) is 9.75. The Morgan fingerprint density at radius 3 is 2.70 bits per heavy atom. The van der Waals surface area contributed by atoms with Crippen LogP contribution in [0.5, 0.6) is 5.75 Å². The van der Waals surface area contributed by atoms with Gasteiger partial charge < -0.3 is 14.2 Å². The highest BCUT2D eigenvalue weighted by Gasteiger charge is 2.29. The zero-order chi connectivity index (χ0) is 16.2. The summed E-state index contributed by atoms with van der Waals surface area (Å²) in [5, 5.41) is 3.84. The summed E-state index contributed by atoms with van der Waals surface area (Å²) in [7, 11) is 1.66. The van der Waals surface area contributed by atoms with Crippen molar-refractivity contribution in [2.75, 3.05) is 13.7 Å². The van der Waals surface area contributed by atoms with Crippen LogP contribution in [0.4, 0.5) is 0 Å². The van der Waals surface area contributed by atoms with E-state index < -0.39 is 0 Å². The molecule has 5 heteroatoms. The molecule has 1 aromatic heterocycles. The molecule has 0 bridgehead atoms. The summed E-state index contributed by atoms with van der Waals surface area (Å²) in [5.41, 5.74) is 1.86. The predicted octanol–water partition coefficient (Wildman–Crippen LogP) is 3.75. The third-order valence-corrected chi connectivity index (χ3v) is 4.35. The fourth-order valence-corrected chi connectivity index (χ4v) is 3.13. The highest BCUT2D eigenvalue weighted by atomic mass is 16.5. The number of amides is 1. The molecule has 5 nitrogen and oxygen atoms in total. The summed E-state index contributed by atoms with van der Waals surface area (Å²) in [4.78, 5) is 14.8. The number of nitrogens with zero attached hydrogens (tertiary/aromatic N) is 2. The van der Waals surface area contributed by atoms with Crippen LogP contribution in [0.2, 0.25) is 0 Å². The van der Waals surface area contributed by atoms with Crippen LogP contribution in [-0.2, 0) is 0 Å². The van der Waals surface area contributed by atoms with Gasteiger partial charge in [0.15, 0.2) is 0 Å². The number of methoxy groups -OCH3 is 1. The minimum absolute atomic E-state index is 0.0707. The van der Waals surface area contributed by atoms with Gasteiger partial charge in [-0.2, -0.15) is 0 Å². The second kappa shape index (κ2) is 6.86. The maximum atomic E-state index is 12.8. The molecule has 1 fully saturated rings. The fourth-order valence-electron chi connectivity index (χ4n) is 3.13. The van der Waals surface area contributed by atoms with Crippen molar-refractivity contribution in [3.63, 3.8) is 0 Å². The van der Waals surface area contributed by atoms with Crippen molar-refractivity contribution in [2.45, 2.75) is 38.6 Å². The average Bonchev–Trinajstić information content (AvgIpc) is 2.87. The lowest BCUT2D eigenvalue weighted by Gasteiger charge is -2.29. The lowest BCUT2D eigenvalue weighted by molar-refractivity contribution is 0.0638. The molecular weight excluding hydrogens is 292 g/mol. The van der Waals surface area contributed by atoms with Gasteiger partial charge in [-0.05, 0) is 37.5 Å². The first-order valence-corrected chi connectivity index (χ1v) is 8.07. The van der Waals surface area contributed by atoms with Gasteiger partial charge in [-0.1, -0.05) is 30.1 Å². The van der Waals surface area contributed by atoms with Crippen LogP contribution in [0, 0.1) is 6.92 Å². The lowest BCUT2D eigenvalue weighted by atomic mass is 10.0. The molecule has 0 saturated carbocycles. The van der Waals surface area contributed by atoms with E-state index in [1.165, 1.54) is 0 Å². The van der Waals surface area contributed by atoms with Gasteiger partial charge in [0.1, 0.15) is 5.75 Å². The summed E-state index contributed by atoms with van der Waals surface area (Å²) < 4.78 is 10.4. The smallest absolute Gasteiger partial charge is 0.292 e. The van der Waals surface area contributed by atoms with Crippen molar-refractivity contribution in [1.29, 1.82) is 0 Å². The molecular formula is C18H22N2O3. The van der Waals surface area contributed by atoms with Crippen LogP contribution in [-0.4, -0.2) is 29.6 Å². The Bertz CT molecular complexity index is 663. The number of hydrogen-bond acceptors (Lipinski definition) is 4. The first-order valence-electron chi connectivity index (χ1n) is 8.07. The Balaban J connectivity index is 1.88. The zero-order valence-electron chi connectivity index (χ0n) is 13.6. The molecule has 0 N–H and O–H groups in total. The van der Waals surface area contributed by atoms with Gasteiger partial charge in [0, 0.05) is 12.6 Å². The molecule has 122 valence electrons. The molecule has 1 atom stereocenters. The van der Waals surface area contributed by atoms with E-state index in [0.717, 1.165) is 49.2 Å². The van der Waals surface area contributed by atoms with Crippen molar-refractivity contribution < 1.29 is 14.1 Å². The highest BCUT2D eigenvalue weighted by Crippen LogP contribution is 2.32. The van der Waals surface area contributed by atoms with Crippen LogP contribution in [0.25, 0.3) is 0 Å². The number of aromatic nitrogens is 1. The molecule has 1 saturated heterocycles. The molecule has 2 aromatic rings. The molecule has 0 radical (unpaired) electrons. The third kappa shape index (κ3) is 3.38. The lowest BCUT2D eigenvalue weighted by Crippen LogP contribution is -2.34. The normalized spacial score (nSPS) is 18.5. The quantitative estimate of drug-likeness (QED) is 0.866. The maximum Gasteiger partial charge on any atom is 0.292 e. The topological polar surface area (TPSA) is 55.6 Å². The van der Waals surface area contributed by atoms with Gasteiger partial charge >= 0.3 is 0 Å². The summed E-state index contributed by atoms with van der Waals surface area (Å²) >= 11 is 0. The predicted molar refractivity (Wildman–Crippen MR) is 86.5 cm³/mol. The first kappa shape index (κ1) is 15.6. The van der Waals surface area contributed by atoms with Gasteiger partial charge in [-0.3, -0.25) is 4.79 Å². The molecule has 2 heterocycles. The van der Waals surface area contributed by atoms with E-state index in [9.17, 15) is 4.79 Å². The zero-order valence-corrected chi connectivity index (χ0v) is 13.6. The molecule has 0 aliphatic carbocycles. The maximum absolute atomic E-state index is 12.8. The van der Waals surface area contributed by atoms with E-state index in [1.54, 1.807) is 13.2 Å². The second-order valence-electron chi connectivity index (χ2n) is 5.97. The van der Waals surface area contributed by atoms with Gasteiger partial charge in [-0.25, -0.2) is 0 Å².